The summed E-state index contributed by atoms with van der Waals surface area (Å²) in [6.45, 7) is 16.8. The molecule has 5 rings (SSSR count). The first-order valence-corrected chi connectivity index (χ1v) is 16.1. The molecule has 39 heavy (non-hydrogen) atoms. The van der Waals surface area contributed by atoms with Crippen LogP contribution in [0.4, 0.5) is 0 Å². The maximum atomic E-state index is 7.17. The average Bonchev–Trinajstić information content (AvgIpc) is 3.12. The SMILES string of the molecule is Cc1cc2c(c(C(C)(C)C)c1)OP1(N)(Oc3c(cc(C)cc3C(C)(C)C)C2)Oc2c(Cl)c(Cl)c(Cl)c(Cl)c2O1. The fraction of sp³-hybridized carbons (Fsp3) is 0.379. The third-order valence-electron chi connectivity index (χ3n) is 6.82. The van der Waals surface area contributed by atoms with Crippen molar-refractivity contribution in [3.63, 3.8) is 0 Å². The molecule has 0 fully saturated rings. The summed E-state index contributed by atoms with van der Waals surface area (Å²) < 4.78 is 26.3. The molecule has 0 aliphatic carbocycles. The molecule has 1 spiro atoms. The Bertz CT molecular complexity index is 1450. The third-order valence-corrected chi connectivity index (χ3v) is 10.6. The predicted molar refractivity (Wildman–Crippen MR) is 163 cm³/mol. The van der Waals surface area contributed by atoms with Crippen LogP contribution in [0.15, 0.2) is 24.3 Å². The van der Waals surface area contributed by atoms with Gasteiger partial charge in [0, 0.05) is 0 Å². The van der Waals surface area contributed by atoms with E-state index in [4.69, 9.17) is 70.0 Å². The normalized spacial score (nSPS) is 18.1. The molecule has 2 aliphatic rings. The first kappa shape index (κ1) is 28.9. The minimum absolute atomic E-state index is 0.00243. The van der Waals surface area contributed by atoms with Gasteiger partial charge in [0.1, 0.15) is 0 Å². The van der Waals surface area contributed by atoms with Crippen LogP contribution in [0.2, 0.25) is 20.1 Å². The molecule has 3 aromatic carbocycles. The second-order valence-electron chi connectivity index (χ2n) is 12.4. The Balaban J connectivity index is 1.87. The molecule has 5 nitrogen and oxygen atoms in total. The molecule has 3 aromatic rings. The van der Waals surface area contributed by atoms with Gasteiger partial charge in [-0.15, -0.1) is 0 Å². The quantitative estimate of drug-likeness (QED) is 0.152. The summed E-state index contributed by atoms with van der Waals surface area (Å²) in [7, 11) is -5.08. The second-order valence-corrected chi connectivity index (χ2v) is 16.4. The van der Waals surface area contributed by atoms with Gasteiger partial charge in [-0.3, -0.25) is 0 Å². The van der Waals surface area contributed by atoms with Crippen LogP contribution in [0, 0.1) is 13.8 Å². The molecule has 0 saturated carbocycles. The molecular weight excluding hydrogens is 599 g/mol. The van der Waals surface area contributed by atoms with Gasteiger partial charge in [0.15, 0.2) is 0 Å². The number of aryl methyl sites for hydroxylation is 2. The van der Waals surface area contributed by atoms with E-state index in [1.165, 1.54) is 0 Å². The molecule has 210 valence electrons. The van der Waals surface area contributed by atoms with Gasteiger partial charge < -0.3 is 0 Å². The molecule has 0 atom stereocenters. The second kappa shape index (κ2) is 8.95. The van der Waals surface area contributed by atoms with E-state index in [1.54, 1.807) is 0 Å². The van der Waals surface area contributed by atoms with Gasteiger partial charge in [-0.25, -0.2) is 0 Å². The Hall–Kier alpha value is -1.59. The molecule has 0 amide bonds. The van der Waals surface area contributed by atoms with Crippen LogP contribution in [0.5, 0.6) is 23.0 Å². The fourth-order valence-corrected chi connectivity index (χ4v) is 8.34. The molecule has 2 N–H and O–H groups in total. The number of halogens is 4. The van der Waals surface area contributed by atoms with Crippen LogP contribution in [-0.4, -0.2) is 0 Å². The summed E-state index contributed by atoms with van der Waals surface area (Å²) >= 11 is 25.9. The number of rotatable bonds is 0. The van der Waals surface area contributed by atoms with Crippen molar-refractivity contribution in [1.29, 1.82) is 0 Å². The van der Waals surface area contributed by atoms with Crippen LogP contribution in [0.25, 0.3) is 0 Å². The van der Waals surface area contributed by atoms with Crippen molar-refractivity contribution in [1.82, 2.24) is 0 Å². The number of hydrogen-bond acceptors (Lipinski definition) is 5. The monoisotopic (exact) mass is 629 g/mol. The molecule has 10 heteroatoms. The zero-order valence-electron chi connectivity index (χ0n) is 23.2. The van der Waals surface area contributed by atoms with Gasteiger partial charge in [-0.2, -0.15) is 0 Å². The van der Waals surface area contributed by atoms with Gasteiger partial charge >= 0.3 is 251 Å². The summed E-state index contributed by atoms with van der Waals surface area (Å²) in [5, 5.41) is 0.0374. The van der Waals surface area contributed by atoms with Crippen LogP contribution < -0.4 is 23.6 Å². The summed E-state index contributed by atoms with van der Waals surface area (Å²) in [4.78, 5) is 0. The van der Waals surface area contributed by atoms with Crippen LogP contribution in [0.1, 0.15) is 74.9 Å². The standard InChI is InChI=1S/C29H32Cl4NO4P/c1-14-9-16-13-17-10-15(2)12-19(29(6,7)8)25(17)36-39(34,35-24(16)18(11-14)28(3,4)5)37-26-22(32)20(30)21(31)23(33)27(26)38-39/h9-12H,13,34H2,1-8H3. The van der Waals surface area contributed by atoms with Crippen LogP contribution >= 0.6 is 54.1 Å². The topological polar surface area (TPSA) is 62.9 Å². The molecule has 0 radical (unpaired) electrons. The molecule has 0 aromatic heterocycles. The first-order chi connectivity index (χ1) is 17.8. The Kier molecular flexibility index (Phi) is 6.64. The molecule has 2 aliphatic heterocycles. The number of nitrogens with two attached hydrogens (primary N) is 1. The van der Waals surface area contributed by atoms with Crippen LogP contribution in [-0.2, 0) is 17.3 Å². The summed E-state index contributed by atoms with van der Waals surface area (Å²) in [5.41, 5.74) is 12.5. The predicted octanol–water partition coefficient (Wildman–Crippen LogP) is 10.4. The maximum absolute atomic E-state index is 7.17. The van der Waals surface area contributed by atoms with Crippen molar-refractivity contribution in [2.24, 2.45) is 5.50 Å². The number of fused-ring (bicyclic) bond motifs is 3. The van der Waals surface area contributed by atoms with E-state index < -0.39 is 7.66 Å². The molecule has 2 heterocycles. The van der Waals surface area contributed by atoms with E-state index in [0.29, 0.717) is 17.9 Å². The van der Waals surface area contributed by atoms with E-state index >= 15 is 0 Å². The first-order valence-electron chi connectivity index (χ1n) is 12.6. The Labute approximate surface area is 250 Å². The summed E-state index contributed by atoms with van der Waals surface area (Å²) in [6.07, 6.45) is 0.554. The van der Waals surface area contributed by atoms with E-state index in [2.05, 4.69) is 79.7 Å². The Morgan fingerprint density at radius 3 is 1.26 bits per heavy atom. The third kappa shape index (κ3) is 4.84. The average molecular weight is 631 g/mol. The Morgan fingerprint density at radius 2 is 0.923 bits per heavy atom. The van der Waals surface area contributed by atoms with Gasteiger partial charge in [0.05, 0.1) is 0 Å². The van der Waals surface area contributed by atoms with Crippen molar-refractivity contribution < 1.29 is 18.1 Å². The van der Waals surface area contributed by atoms with E-state index in [-0.39, 0.29) is 42.4 Å². The Morgan fingerprint density at radius 1 is 0.590 bits per heavy atom. The van der Waals surface area contributed by atoms with Crippen LogP contribution in [0.3, 0.4) is 0 Å². The fourth-order valence-electron chi connectivity index (χ4n) is 5.02. The van der Waals surface area contributed by atoms with Gasteiger partial charge in [-0.05, 0) is 0 Å². The molecule has 0 unspecified atom stereocenters. The molecule has 0 bridgehead atoms. The zero-order valence-corrected chi connectivity index (χ0v) is 27.1. The van der Waals surface area contributed by atoms with Gasteiger partial charge in [0.2, 0.25) is 0 Å². The van der Waals surface area contributed by atoms with Crippen molar-refractivity contribution in [3.05, 3.63) is 77.7 Å². The van der Waals surface area contributed by atoms with E-state index in [0.717, 1.165) is 33.4 Å². The summed E-state index contributed by atoms with van der Waals surface area (Å²) in [6, 6.07) is 8.35. The minimum atomic E-state index is -5.08. The van der Waals surface area contributed by atoms with E-state index in [9.17, 15) is 0 Å². The number of hydrogen-bond donors (Lipinski definition) is 1. The molecular formula is C29H32Cl4NO4P. The molecule has 0 saturated heterocycles. The van der Waals surface area contributed by atoms with Crippen molar-refractivity contribution in [3.8, 4) is 23.0 Å². The van der Waals surface area contributed by atoms with Crippen molar-refractivity contribution >= 4 is 54.1 Å². The van der Waals surface area contributed by atoms with Gasteiger partial charge in [0.25, 0.3) is 0 Å². The number of benzene rings is 3. The van der Waals surface area contributed by atoms with E-state index in [1.807, 2.05) is 0 Å². The van der Waals surface area contributed by atoms with Crippen molar-refractivity contribution in [2.45, 2.75) is 72.6 Å². The zero-order chi connectivity index (χ0) is 28.9. The van der Waals surface area contributed by atoms with Gasteiger partial charge in [-0.1, -0.05) is 0 Å². The van der Waals surface area contributed by atoms with Crippen molar-refractivity contribution in [2.75, 3.05) is 0 Å². The summed E-state index contributed by atoms with van der Waals surface area (Å²) in [5.74, 6) is 1.12.